The van der Waals surface area contributed by atoms with E-state index in [9.17, 15) is 0 Å². The first-order valence-corrected chi connectivity index (χ1v) is 4.09. The molecule has 1 fully saturated rings. The van der Waals surface area contributed by atoms with E-state index < -0.39 is 0 Å². The lowest BCUT2D eigenvalue weighted by Gasteiger charge is -1.97. The topological polar surface area (TPSA) is 38.7 Å². The molecule has 1 saturated carbocycles. The summed E-state index contributed by atoms with van der Waals surface area (Å²) in [4.78, 5) is 0. The molecule has 0 saturated heterocycles. The largest absolute Gasteiger partial charge is 0.173 e. The predicted octanol–water partition coefficient (Wildman–Crippen LogP) is 2.06. The predicted molar refractivity (Wildman–Crippen MR) is 41.8 cm³/mol. The second-order valence-corrected chi connectivity index (χ2v) is 3.29. The van der Waals surface area contributed by atoms with Crippen LogP contribution < -0.4 is 0 Å². The number of hydrogen-bond donors (Lipinski definition) is 0. The Morgan fingerprint density at radius 2 is 1.91 bits per heavy atom. The number of rotatable bonds is 1. The Kier molecular flexibility index (Phi) is 1.69. The van der Waals surface area contributed by atoms with Gasteiger partial charge in [-0.25, -0.2) is 0 Å². The van der Waals surface area contributed by atoms with Gasteiger partial charge in [-0.3, -0.25) is 0 Å². The summed E-state index contributed by atoms with van der Waals surface area (Å²) < 4.78 is 0. The molecule has 1 aromatic heterocycles. The summed E-state index contributed by atoms with van der Waals surface area (Å²) in [5.74, 6) is 0.468. The minimum atomic E-state index is 0.253. The molecule has 1 aromatic rings. The Labute approximate surface area is 73.7 Å². The minimum absolute atomic E-state index is 0.253. The van der Waals surface area contributed by atoms with Crippen LogP contribution in [0.15, 0.2) is 0 Å². The minimum Gasteiger partial charge on any atom is -0.133 e. The van der Waals surface area contributed by atoms with Gasteiger partial charge in [0.25, 0.3) is 0 Å². The summed E-state index contributed by atoms with van der Waals surface area (Å²) in [7, 11) is 0. The molecular weight excluding hydrogens is 185 g/mol. The Hall–Kier alpha value is -0.410. The van der Waals surface area contributed by atoms with Crippen LogP contribution >= 0.6 is 23.2 Å². The van der Waals surface area contributed by atoms with Gasteiger partial charge in [0.1, 0.15) is 5.02 Å². The monoisotopic (exact) mass is 189 g/mol. The molecule has 1 aliphatic rings. The number of aromatic nitrogens is 3. The van der Waals surface area contributed by atoms with Crippen LogP contribution in [0.4, 0.5) is 0 Å². The van der Waals surface area contributed by atoms with Crippen molar-refractivity contribution in [1.29, 1.82) is 0 Å². The quantitative estimate of drug-likeness (QED) is 0.680. The van der Waals surface area contributed by atoms with Crippen molar-refractivity contribution >= 4 is 23.2 Å². The molecule has 0 radical (unpaired) electrons. The van der Waals surface area contributed by atoms with E-state index in [2.05, 4.69) is 15.4 Å². The molecule has 11 heavy (non-hydrogen) atoms. The van der Waals surface area contributed by atoms with Crippen LogP contribution in [0.2, 0.25) is 10.2 Å². The maximum Gasteiger partial charge on any atom is 0.173 e. The highest BCUT2D eigenvalue weighted by molar-refractivity contribution is 6.41. The van der Waals surface area contributed by atoms with Gasteiger partial charge in [-0.05, 0) is 18.1 Å². The number of nitrogens with zero attached hydrogens (tertiary/aromatic N) is 3. The molecule has 0 atom stereocenters. The van der Waals surface area contributed by atoms with Crippen LogP contribution in [-0.2, 0) is 0 Å². The Balaban J connectivity index is 2.45. The molecule has 1 heterocycles. The zero-order valence-corrected chi connectivity index (χ0v) is 7.10. The van der Waals surface area contributed by atoms with E-state index >= 15 is 0 Å². The van der Waals surface area contributed by atoms with Crippen molar-refractivity contribution in [3.05, 3.63) is 15.9 Å². The fraction of sp³-hybridized carbons (Fsp3) is 0.500. The maximum atomic E-state index is 5.83. The first kappa shape index (κ1) is 7.25. The Bertz CT molecular complexity index is 285. The van der Waals surface area contributed by atoms with Gasteiger partial charge in [0.15, 0.2) is 5.15 Å². The highest BCUT2D eigenvalue weighted by Crippen LogP contribution is 2.42. The Morgan fingerprint density at radius 1 is 1.18 bits per heavy atom. The zero-order chi connectivity index (χ0) is 7.84. The molecule has 0 aliphatic heterocycles. The maximum absolute atomic E-state index is 5.83. The number of halogens is 2. The van der Waals surface area contributed by atoms with Gasteiger partial charge in [-0.1, -0.05) is 23.2 Å². The molecule has 0 amide bonds. The van der Waals surface area contributed by atoms with Gasteiger partial charge in [0.2, 0.25) is 0 Å². The highest BCUT2D eigenvalue weighted by atomic mass is 35.5. The molecule has 0 unspecified atom stereocenters. The van der Waals surface area contributed by atoms with Crippen molar-refractivity contribution in [2.24, 2.45) is 0 Å². The van der Waals surface area contributed by atoms with Gasteiger partial charge in [-0.15, -0.1) is 10.2 Å². The standard InChI is InChI=1S/C6H5Cl2N3/c7-4-5(3-1-2-3)9-11-10-6(4)8/h3H,1-2H2. The van der Waals surface area contributed by atoms with Crippen LogP contribution in [0.5, 0.6) is 0 Å². The second-order valence-electron chi connectivity index (χ2n) is 2.55. The van der Waals surface area contributed by atoms with Gasteiger partial charge in [0, 0.05) is 5.92 Å². The average molecular weight is 190 g/mol. The summed E-state index contributed by atoms with van der Waals surface area (Å²) in [6.07, 6.45) is 2.27. The summed E-state index contributed by atoms with van der Waals surface area (Å²) in [6.45, 7) is 0. The van der Waals surface area contributed by atoms with Crippen molar-refractivity contribution in [3.8, 4) is 0 Å². The van der Waals surface area contributed by atoms with Gasteiger partial charge in [-0.2, -0.15) is 0 Å². The van der Waals surface area contributed by atoms with E-state index in [0.29, 0.717) is 10.9 Å². The van der Waals surface area contributed by atoms with Crippen LogP contribution in [0, 0.1) is 0 Å². The van der Waals surface area contributed by atoms with E-state index in [1.54, 1.807) is 0 Å². The summed E-state index contributed by atoms with van der Waals surface area (Å²) in [5, 5.41) is 11.6. The van der Waals surface area contributed by atoms with Crippen LogP contribution in [0.3, 0.4) is 0 Å². The second kappa shape index (κ2) is 2.57. The third-order valence-electron chi connectivity index (χ3n) is 1.66. The molecule has 0 aromatic carbocycles. The molecule has 58 valence electrons. The van der Waals surface area contributed by atoms with Crippen molar-refractivity contribution in [2.75, 3.05) is 0 Å². The zero-order valence-electron chi connectivity index (χ0n) is 5.59. The van der Waals surface area contributed by atoms with E-state index in [0.717, 1.165) is 18.5 Å². The third kappa shape index (κ3) is 1.30. The fourth-order valence-corrected chi connectivity index (χ4v) is 1.28. The van der Waals surface area contributed by atoms with Crippen molar-refractivity contribution in [3.63, 3.8) is 0 Å². The molecular formula is C6H5Cl2N3. The smallest absolute Gasteiger partial charge is 0.133 e. The lowest BCUT2D eigenvalue weighted by Crippen LogP contribution is -1.95. The first-order valence-electron chi connectivity index (χ1n) is 3.33. The van der Waals surface area contributed by atoms with E-state index in [4.69, 9.17) is 23.2 Å². The van der Waals surface area contributed by atoms with Crippen molar-refractivity contribution in [1.82, 2.24) is 15.4 Å². The SMILES string of the molecule is Clc1nnnc(C2CC2)c1Cl. The van der Waals surface area contributed by atoms with E-state index in [-0.39, 0.29) is 5.15 Å². The van der Waals surface area contributed by atoms with E-state index in [1.165, 1.54) is 0 Å². The fourth-order valence-electron chi connectivity index (χ4n) is 0.921. The summed E-state index contributed by atoms with van der Waals surface area (Å²) in [6, 6.07) is 0. The number of hydrogen-bond acceptors (Lipinski definition) is 3. The first-order chi connectivity index (χ1) is 5.29. The highest BCUT2D eigenvalue weighted by Gasteiger charge is 2.28. The van der Waals surface area contributed by atoms with Gasteiger partial charge in [0.05, 0.1) is 5.69 Å². The molecule has 1 aliphatic carbocycles. The normalized spacial score (nSPS) is 16.9. The Morgan fingerprint density at radius 3 is 2.55 bits per heavy atom. The summed E-state index contributed by atoms with van der Waals surface area (Å²) >= 11 is 11.5. The molecule has 0 spiro atoms. The molecule has 5 heteroatoms. The lowest BCUT2D eigenvalue weighted by molar-refractivity contribution is 0.809. The van der Waals surface area contributed by atoms with Gasteiger partial charge < -0.3 is 0 Å². The van der Waals surface area contributed by atoms with Crippen molar-refractivity contribution in [2.45, 2.75) is 18.8 Å². The molecule has 0 N–H and O–H groups in total. The summed E-state index contributed by atoms with van der Waals surface area (Å²) in [5.41, 5.74) is 0.798. The molecule has 2 rings (SSSR count). The molecule has 3 nitrogen and oxygen atoms in total. The van der Waals surface area contributed by atoms with Crippen LogP contribution in [-0.4, -0.2) is 15.4 Å². The van der Waals surface area contributed by atoms with Crippen molar-refractivity contribution < 1.29 is 0 Å². The lowest BCUT2D eigenvalue weighted by atomic mass is 10.3. The molecule has 0 bridgehead atoms. The van der Waals surface area contributed by atoms with Crippen LogP contribution in [0.1, 0.15) is 24.5 Å². The average Bonchev–Trinajstić information content (AvgIpc) is 2.77. The van der Waals surface area contributed by atoms with Crippen LogP contribution in [0.25, 0.3) is 0 Å². The van der Waals surface area contributed by atoms with E-state index in [1.807, 2.05) is 0 Å². The third-order valence-corrected chi connectivity index (χ3v) is 2.39. The van der Waals surface area contributed by atoms with Gasteiger partial charge >= 0.3 is 0 Å².